The molecule has 2 aliphatic rings. The van der Waals surface area contributed by atoms with Gasteiger partial charge in [0.15, 0.2) is 0 Å². The molecule has 1 heterocycles. The highest BCUT2D eigenvalue weighted by Gasteiger charge is 2.25. The van der Waals surface area contributed by atoms with E-state index in [0.29, 0.717) is 30.7 Å². The van der Waals surface area contributed by atoms with Crippen LogP contribution in [-0.2, 0) is 4.79 Å². The second-order valence-electron chi connectivity index (χ2n) is 9.92. The third-order valence-electron chi connectivity index (χ3n) is 7.36. The van der Waals surface area contributed by atoms with Crippen molar-refractivity contribution in [3.05, 3.63) is 77.9 Å². The minimum atomic E-state index is -0.688. The van der Waals surface area contributed by atoms with Crippen LogP contribution in [0.25, 0.3) is 11.1 Å². The van der Waals surface area contributed by atoms with Crippen molar-refractivity contribution in [3.8, 4) is 16.9 Å². The topological polar surface area (TPSA) is 78.9 Å². The molecule has 186 valence electrons. The number of rotatable bonds is 5. The quantitative estimate of drug-likeness (QED) is 0.415. The van der Waals surface area contributed by atoms with Crippen LogP contribution >= 0.6 is 0 Å². The normalized spacial score (nSPS) is 19.2. The number of nitrogens with zero attached hydrogens (tertiary/aromatic N) is 1. The van der Waals surface area contributed by atoms with Gasteiger partial charge in [0, 0.05) is 12.1 Å². The largest absolute Gasteiger partial charge is 0.490 e. The summed E-state index contributed by atoms with van der Waals surface area (Å²) in [5.74, 6) is 0.828. The van der Waals surface area contributed by atoms with Crippen molar-refractivity contribution in [3.63, 3.8) is 0 Å². The summed E-state index contributed by atoms with van der Waals surface area (Å²) < 4.78 is 5.93. The number of ether oxygens (including phenoxy) is 1. The predicted molar refractivity (Wildman–Crippen MR) is 142 cm³/mol. The predicted octanol–water partition coefficient (Wildman–Crippen LogP) is 6.84. The Morgan fingerprint density at radius 2 is 1.72 bits per heavy atom. The Morgan fingerprint density at radius 3 is 2.44 bits per heavy atom. The Balaban J connectivity index is 1.27. The Morgan fingerprint density at radius 1 is 0.972 bits per heavy atom. The summed E-state index contributed by atoms with van der Waals surface area (Å²) in [6.45, 7) is 2.94. The highest BCUT2D eigenvalue weighted by molar-refractivity contribution is 6.03. The van der Waals surface area contributed by atoms with Crippen molar-refractivity contribution in [1.82, 2.24) is 0 Å². The lowest BCUT2D eigenvalue weighted by Gasteiger charge is -2.30. The van der Waals surface area contributed by atoms with Crippen LogP contribution < -0.4 is 15.0 Å². The van der Waals surface area contributed by atoms with Gasteiger partial charge in [0.2, 0.25) is 0 Å². The van der Waals surface area contributed by atoms with Crippen LogP contribution in [0.5, 0.6) is 5.75 Å². The maximum absolute atomic E-state index is 13.0. The van der Waals surface area contributed by atoms with E-state index in [1.807, 2.05) is 49.4 Å². The van der Waals surface area contributed by atoms with Crippen LogP contribution in [0.4, 0.5) is 16.2 Å². The maximum Gasteiger partial charge on any atom is 0.326 e. The first-order chi connectivity index (χ1) is 17.5. The van der Waals surface area contributed by atoms with Gasteiger partial charge in [0.1, 0.15) is 12.4 Å². The van der Waals surface area contributed by atoms with E-state index < -0.39 is 5.97 Å². The number of urea groups is 1. The van der Waals surface area contributed by atoms with Crippen molar-refractivity contribution in [2.24, 2.45) is 5.92 Å². The summed E-state index contributed by atoms with van der Waals surface area (Å²) in [7, 11) is 0. The zero-order valence-corrected chi connectivity index (χ0v) is 20.6. The average Bonchev–Trinajstić information content (AvgIpc) is 2.88. The van der Waals surface area contributed by atoms with Gasteiger partial charge in [-0.1, -0.05) is 42.5 Å². The number of hydrogen-bond donors (Lipinski definition) is 2. The number of fused-ring (bicyclic) bond motifs is 1. The zero-order valence-electron chi connectivity index (χ0n) is 20.6. The lowest BCUT2D eigenvalue weighted by molar-refractivity contribution is -0.138. The number of aryl methyl sites for hydroxylation is 1. The molecule has 0 radical (unpaired) electrons. The minimum absolute atomic E-state index is 0.166. The minimum Gasteiger partial charge on any atom is -0.490 e. The number of amides is 2. The number of anilines is 2. The van der Waals surface area contributed by atoms with E-state index in [4.69, 9.17) is 9.84 Å². The maximum atomic E-state index is 13.0. The first-order valence-corrected chi connectivity index (χ1v) is 12.7. The molecule has 3 aromatic carbocycles. The van der Waals surface area contributed by atoms with Crippen LogP contribution in [0.2, 0.25) is 0 Å². The van der Waals surface area contributed by atoms with Crippen molar-refractivity contribution >= 4 is 23.4 Å². The highest BCUT2D eigenvalue weighted by Crippen LogP contribution is 2.39. The Hall–Kier alpha value is -3.80. The average molecular weight is 485 g/mol. The van der Waals surface area contributed by atoms with Gasteiger partial charge < -0.3 is 15.2 Å². The molecule has 6 nitrogen and oxygen atoms in total. The van der Waals surface area contributed by atoms with E-state index in [0.717, 1.165) is 53.7 Å². The molecule has 0 atom stereocenters. The van der Waals surface area contributed by atoms with E-state index in [2.05, 4.69) is 29.6 Å². The fourth-order valence-electron chi connectivity index (χ4n) is 5.42. The standard InChI is InChI=1S/C30H32N2O4/c1-20-3-2-4-26(17-20)31-30(35)32-15-16-36-28-19-25(13-14-27(28)32)24-11-9-23(10-12-24)22-7-5-21(6-8-22)18-29(33)34/h2-4,9-14,17,19,21-22H,5-8,15-16,18H2,1H3,(H,31,35)(H,33,34)/t21-,22-. The molecule has 0 aromatic heterocycles. The smallest absolute Gasteiger partial charge is 0.326 e. The van der Waals surface area contributed by atoms with Crippen LogP contribution in [0.3, 0.4) is 0 Å². The highest BCUT2D eigenvalue weighted by atomic mass is 16.5. The van der Waals surface area contributed by atoms with Gasteiger partial charge in [-0.3, -0.25) is 9.69 Å². The van der Waals surface area contributed by atoms with Crippen LogP contribution in [0, 0.1) is 12.8 Å². The van der Waals surface area contributed by atoms with Crippen molar-refractivity contribution in [2.45, 2.75) is 44.9 Å². The van der Waals surface area contributed by atoms with Gasteiger partial charge in [0.05, 0.1) is 12.2 Å². The summed E-state index contributed by atoms with van der Waals surface area (Å²) in [5.41, 5.74) is 6.11. The number of carbonyl (C=O) groups excluding carboxylic acids is 1. The monoisotopic (exact) mass is 484 g/mol. The third kappa shape index (κ3) is 5.38. The van der Waals surface area contributed by atoms with Crippen LogP contribution in [0.15, 0.2) is 66.7 Å². The Labute approximate surface area is 211 Å². The second-order valence-corrected chi connectivity index (χ2v) is 9.92. The van der Waals surface area contributed by atoms with Crippen molar-refractivity contribution in [2.75, 3.05) is 23.4 Å². The molecular formula is C30H32N2O4. The molecule has 6 heteroatoms. The van der Waals surface area contributed by atoms with Gasteiger partial charge in [-0.25, -0.2) is 4.79 Å². The number of hydrogen-bond acceptors (Lipinski definition) is 3. The Kier molecular flexibility index (Phi) is 6.94. The van der Waals surface area contributed by atoms with E-state index >= 15 is 0 Å². The molecule has 0 saturated heterocycles. The van der Waals surface area contributed by atoms with E-state index in [9.17, 15) is 9.59 Å². The van der Waals surface area contributed by atoms with E-state index in [1.165, 1.54) is 5.56 Å². The van der Waals surface area contributed by atoms with E-state index in [-0.39, 0.29) is 12.5 Å². The van der Waals surface area contributed by atoms with Crippen LogP contribution in [-0.4, -0.2) is 30.3 Å². The van der Waals surface area contributed by atoms with Gasteiger partial charge >= 0.3 is 12.0 Å². The Bertz CT molecular complexity index is 1250. The number of nitrogens with one attached hydrogen (secondary N) is 1. The number of benzene rings is 3. The molecule has 1 saturated carbocycles. The lowest BCUT2D eigenvalue weighted by atomic mass is 9.77. The van der Waals surface area contributed by atoms with Gasteiger partial charge in [-0.2, -0.15) is 0 Å². The third-order valence-corrected chi connectivity index (χ3v) is 7.36. The second kappa shape index (κ2) is 10.4. The molecule has 0 spiro atoms. The summed E-state index contributed by atoms with van der Waals surface area (Å²) in [6, 6.07) is 22.3. The molecule has 1 fully saturated rings. The summed E-state index contributed by atoms with van der Waals surface area (Å²) in [5, 5.41) is 12.0. The lowest BCUT2D eigenvalue weighted by Crippen LogP contribution is -2.40. The molecular weight excluding hydrogens is 452 g/mol. The van der Waals surface area contributed by atoms with Gasteiger partial charge in [-0.05, 0) is 91.0 Å². The molecule has 5 rings (SSSR count). The molecule has 1 aliphatic heterocycles. The van der Waals surface area contributed by atoms with Crippen molar-refractivity contribution < 1.29 is 19.4 Å². The number of carboxylic acid groups (broad SMARTS) is 1. The fourth-order valence-corrected chi connectivity index (χ4v) is 5.42. The van der Waals surface area contributed by atoms with Crippen LogP contribution in [0.1, 0.15) is 49.1 Å². The molecule has 0 bridgehead atoms. The first-order valence-electron chi connectivity index (χ1n) is 12.7. The van der Waals surface area contributed by atoms with E-state index in [1.54, 1.807) is 4.90 Å². The zero-order chi connectivity index (χ0) is 25.1. The summed E-state index contributed by atoms with van der Waals surface area (Å²) >= 11 is 0. The van der Waals surface area contributed by atoms with Crippen molar-refractivity contribution in [1.29, 1.82) is 0 Å². The summed E-state index contributed by atoms with van der Waals surface area (Å²) in [6.07, 6.45) is 4.34. The molecule has 2 amide bonds. The SMILES string of the molecule is Cc1cccc(NC(=O)N2CCOc3cc(-c4ccc([C@H]5CC[C@H](CC(=O)O)CC5)cc4)ccc32)c1. The molecule has 2 N–H and O–H groups in total. The van der Waals surface area contributed by atoms with Gasteiger partial charge in [0.25, 0.3) is 0 Å². The molecule has 3 aromatic rings. The first kappa shape index (κ1) is 23.9. The number of carbonyl (C=O) groups is 2. The fraction of sp³-hybridized carbons (Fsp3) is 0.333. The number of aliphatic carboxylic acids is 1. The van der Waals surface area contributed by atoms with Gasteiger partial charge in [-0.15, -0.1) is 0 Å². The molecule has 1 aliphatic carbocycles. The number of carboxylic acids is 1. The summed E-state index contributed by atoms with van der Waals surface area (Å²) in [4.78, 5) is 25.7. The molecule has 0 unspecified atom stereocenters. The molecule has 36 heavy (non-hydrogen) atoms.